The number of aliphatic hydroxyl groups is 1. The molecule has 0 aliphatic rings. The van der Waals surface area contributed by atoms with Crippen molar-refractivity contribution in [3.63, 3.8) is 0 Å². The van der Waals surface area contributed by atoms with Gasteiger partial charge in [-0.25, -0.2) is 4.98 Å². The molecule has 0 spiro atoms. The molecule has 0 unspecified atom stereocenters. The number of benzene rings is 1. The van der Waals surface area contributed by atoms with Crippen molar-refractivity contribution in [3.8, 4) is 16.6 Å². The third kappa shape index (κ3) is 2.07. The van der Waals surface area contributed by atoms with Crippen LogP contribution < -0.4 is 0 Å². The van der Waals surface area contributed by atoms with Crippen molar-refractivity contribution in [3.05, 3.63) is 39.9 Å². The Morgan fingerprint density at radius 2 is 2.06 bits per heavy atom. The highest BCUT2D eigenvalue weighted by Gasteiger charge is 2.11. The molecule has 0 saturated heterocycles. The first-order chi connectivity index (χ1) is 7.74. The van der Waals surface area contributed by atoms with Gasteiger partial charge in [0.1, 0.15) is 16.0 Å². The van der Waals surface area contributed by atoms with Gasteiger partial charge < -0.3 is 5.11 Å². The minimum Gasteiger partial charge on any atom is -0.390 e. The van der Waals surface area contributed by atoms with Gasteiger partial charge in [-0.05, 0) is 12.1 Å². The first-order valence-corrected chi connectivity index (χ1v) is 5.70. The zero-order valence-corrected chi connectivity index (χ0v) is 9.72. The third-order valence-electron chi connectivity index (χ3n) is 2.04. The lowest BCUT2D eigenvalue weighted by Crippen LogP contribution is -1.85. The van der Waals surface area contributed by atoms with Gasteiger partial charge in [-0.15, -0.1) is 11.3 Å². The Hall–Kier alpha value is -1.41. The molecular formula is C11H7ClN2OS. The number of nitrogens with zero attached hydrogens (tertiary/aromatic N) is 2. The molecule has 80 valence electrons. The Morgan fingerprint density at radius 3 is 2.56 bits per heavy atom. The maximum atomic E-state index is 9.03. The van der Waals surface area contributed by atoms with E-state index in [0.717, 1.165) is 10.6 Å². The van der Waals surface area contributed by atoms with Gasteiger partial charge in [0.2, 0.25) is 0 Å². The predicted octanol–water partition coefficient (Wildman–Crippen LogP) is 2.83. The van der Waals surface area contributed by atoms with E-state index in [0.29, 0.717) is 15.6 Å². The van der Waals surface area contributed by atoms with Crippen molar-refractivity contribution in [2.45, 2.75) is 6.61 Å². The van der Waals surface area contributed by atoms with Crippen molar-refractivity contribution in [2.75, 3.05) is 0 Å². The Kier molecular flexibility index (Phi) is 3.20. The highest BCUT2D eigenvalue weighted by molar-refractivity contribution is 7.15. The van der Waals surface area contributed by atoms with E-state index < -0.39 is 0 Å². The summed E-state index contributed by atoms with van der Waals surface area (Å²) in [7, 11) is 0. The quantitative estimate of drug-likeness (QED) is 0.892. The molecular weight excluding hydrogens is 244 g/mol. The first-order valence-electron chi connectivity index (χ1n) is 4.51. The van der Waals surface area contributed by atoms with E-state index >= 15 is 0 Å². The van der Waals surface area contributed by atoms with Gasteiger partial charge >= 0.3 is 0 Å². The Morgan fingerprint density at radius 1 is 1.38 bits per heavy atom. The SMILES string of the molecule is N#Cc1sc(-c2ccc(Cl)cc2)nc1CO. The number of halogens is 1. The van der Waals surface area contributed by atoms with Gasteiger partial charge in [0.25, 0.3) is 0 Å². The average molecular weight is 251 g/mol. The molecule has 1 heterocycles. The summed E-state index contributed by atoms with van der Waals surface area (Å²) in [6.45, 7) is -0.215. The van der Waals surface area contributed by atoms with Crippen LogP contribution in [0.15, 0.2) is 24.3 Å². The van der Waals surface area contributed by atoms with Gasteiger partial charge in [-0.3, -0.25) is 0 Å². The molecule has 0 fully saturated rings. The standard InChI is InChI=1S/C11H7ClN2OS/c12-8-3-1-7(2-4-8)11-14-9(6-15)10(5-13)16-11/h1-4,15H,6H2. The van der Waals surface area contributed by atoms with E-state index in [2.05, 4.69) is 4.98 Å². The Bertz CT molecular complexity index is 542. The monoisotopic (exact) mass is 250 g/mol. The summed E-state index contributed by atoms with van der Waals surface area (Å²) in [4.78, 5) is 4.65. The summed E-state index contributed by atoms with van der Waals surface area (Å²) in [6, 6.07) is 9.23. The molecule has 1 aromatic carbocycles. The minimum absolute atomic E-state index is 0.215. The number of nitriles is 1. The summed E-state index contributed by atoms with van der Waals surface area (Å²) in [5, 5.41) is 19.2. The van der Waals surface area contributed by atoms with Crippen molar-refractivity contribution in [1.82, 2.24) is 4.98 Å². The molecule has 2 rings (SSSR count). The number of hydrogen-bond donors (Lipinski definition) is 1. The average Bonchev–Trinajstić information content (AvgIpc) is 2.73. The lowest BCUT2D eigenvalue weighted by Gasteiger charge is -1.95. The largest absolute Gasteiger partial charge is 0.390 e. The molecule has 0 amide bonds. The maximum Gasteiger partial charge on any atom is 0.130 e. The second-order valence-electron chi connectivity index (χ2n) is 3.07. The smallest absolute Gasteiger partial charge is 0.130 e. The summed E-state index contributed by atoms with van der Waals surface area (Å²) >= 11 is 7.05. The van der Waals surface area contributed by atoms with Crippen LogP contribution in [0.5, 0.6) is 0 Å². The first kappa shape index (κ1) is 11.1. The fraction of sp³-hybridized carbons (Fsp3) is 0.0909. The number of aliphatic hydroxyl groups excluding tert-OH is 1. The molecule has 0 atom stereocenters. The minimum atomic E-state index is -0.215. The lowest BCUT2D eigenvalue weighted by molar-refractivity contribution is 0.277. The lowest BCUT2D eigenvalue weighted by atomic mass is 10.2. The normalized spacial score (nSPS) is 10.1. The number of hydrogen-bond acceptors (Lipinski definition) is 4. The van der Waals surface area contributed by atoms with E-state index in [4.69, 9.17) is 22.0 Å². The summed E-state index contributed by atoms with van der Waals surface area (Å²) in [5.74, 6) is 0. The van der Waals surface area contributed by atoms with Crippen molar-refractivity contribution >= 4 is 22.9 Å². The number of aromatic nitrogens is 1. The summed E-state index contributed by atoms with van der Waals surface area (Å²) < 4.78 is 0. The third-order valence-corrected chi connectivity index (χ3v) is 3.34. The van der Waals surface area contributed by atoms with E-state index in [9.17, 15) is 0 Å². The fourth-order valence-electron chi connectivity index (χ4n) is 1.26. The molecule has 16 heavy (non-hydrogen) atoms. The van der Waals surface area contributed by atoms with Crippen LogP contribution >= 0.6 is 22.9 Å². The highest BCUT2D eigenvalue weighted by Crippen LogP contribution is 2.28. The molecule has 0 radical (unpaired) electrons. The van der Waals surface area contributed by atoms with Crippen LogP contribution in [0.2, 0.25) is 5.02 Å². The van der Waals surface area contributed by atoms with Gasteiger partial charge in [-0.1, -0.05) is 23.7 Å². The molecule has 5 heteroatoms. The zero-order valence-electron chi connectivity index (χ0n) is 8.14. The Balaban J connectivity index is 2.45. The molecule has 2 aromatic rings. The molecule has 1 aromatic heterocycles. The van der Waals surface area contributed by atoms with Gasteiger partial charge in [0.05, 0.1) is 12.3 Å². The molecule has 0 bridgehead atoms. The zero-order chi connectivity index (χ0) is 11.5. The molecule has 3 nitrogen and oxygen atoms in total. The van der Waals surface area contributed by atoms with Crippen LogP contribution in [-0.2, 0) is 6.61 Å². The van der Waals surface area contributed by atoms with E-state index in [-0.39, 0.29) is 6.61 Å². The van der Waals surface area contributed by atoms with Gasteiger partial charge in [-0.2, -0.15) is 5.26 Å². The van der Waals surface area contributed by atoms with E-state index in [1.807, 2.05) is 18.2 Å². The molecule has 0 saturated carbocycles. The second-order valence-corrected chi connectivity index (χ2v) is 4.51. The topological polar surface area (TPSA) is 56.9 Å². The van der Waals surface area contributed by atoms with Crippen LogP contribution in [0.1, 0.15) is 10.6 Å². The highest BCUT2D eigenvalue weighted by atomic mass is 35.5. The van der Waals surface area contributed by atoms with Crippen LogP contribution in [0.4, 0.5) is 0 Å². The van der Waals surface area contributed by atoms with Crippen LogP contribution in [0, 0.1) is 11.3 Å². The van der Waals surface area contributed by atoms with Crippen LogP contribution in [0.3, 0.4) is 0 Å². The van der Waals surface area contributed by atoms with Gasteiger partial charge in [0.15, 0.2) is 0 Å². The predicted molar refractivity (Wildman–Crippen MR) is 63.2 cm³/mol. The summed E-state index contributed by atoms with van der Waals surface area (Å²) in [5.41, 5.74) is 1.32. The molecule has 0 aliphatic carbocycles. The van der Waals surface area contributed by atoms with E-state index in [1.165, 1.54) is 11.3 Å². The Labute approximate surface area is 102 Å². The van der Waals surface area contributed by atoms with Crippen LogP contribution in [0.25, 0.3) is 10.6 Å². The molecule has 1 N–H and O–H groups in total. The maximum absolute atomic E-state index is 9.03. The summed E-state index contributed by atoms with van der Waals surface area (Å²) in [6.07, 6.45) is 0. The van der Waals surface area contributed by atoms with E-state index in [1.54, 1.807) is 12.1 Å². The van der Waals surface area contributed by atoms with Crippen molar-refractivity contribution in [2.24, 2.45) is 0 Å². The molecule has 0 aliphatic heterocycles. The fourth-order valence-corrected chi connectivity index (χ4v) is 2.26. The van der Waals surface area contributed by atoms with Crippen molar-refractivity contribution in [1.29, 1.82) is 5.26 Å². The van der Waals surface area contributed by atoms with Crippen LogP contribution in [-0.4, -0.2) is 10.1 Å². The number of rotatable bonds is 2. The van der Waals surface area contributed by atoms with Crippen molar-refractivity contribution < 1.29 is 5.11 Å². The second kappa shape index (κ2) is 4.62. The number of thiazole rings is 1. The van der Waals surface area contributed by atoms with Gasteiger partial charge in [0, 0.05) is 10.6 Å².